The van der Waals surface area contributed by atoms with E-state index in [1.165, 1.54) is 6.33 Å². The van der Waals surface area contributed by atoms with Crippen molar-refractivity contribution in [1.29, 1.82) is 0 Å². The number of carbonyl (C=O) groups is 1. The highest BCUT2D eigenvalue weighted by molar-refractivity contribution is 6.00. The van der Waals surface area contributed by atoms with E-state index in [2.05, 4.69) is 30.7 Å². The molecule has 0 radical (unpaired) electrons. The van der Waals surface area contributed by atoms with Gasteiger partial charge in [-0.1, -0.05) is 5.16 Å². The molecule has 1 aliphatic heterocycles. The lowest BCUT2D eigenvalue weighted by molar-refractivity contribution is 0.0322. The number of nitrogens with two attached hydrogens (primary N) is 1. The lowest BCUT2D eigenvalue weighted by atomic mass is 10.1. The molecule has 0 atom stereocenters. The number of rotatable bonds is 8. The molecule has 5 aromatic rings. The van der Waals surface area contributed by atoms with Crippen molar-refractivity contribution in [2.24, 2.45) is 0 Å². The van der Waals surface area contributed by atoms with Gasteiger partial charge in [0.05, 0.1) is 24.3 Å². The first kappa shape index (κ1) is 26.2. The van der Waals surface area contributed by atoms with Gasteiger partial charge in [0.25, 0.3) is 0 Å². The molecular formula is C28H29N9O4. The predicted octanol–water partition coefficient (Wildman–Crippen LogP) is 3.72. The van der Waals surface area contributed by atoms with Crippen molar-refractivity contribution in [3.8, 4) is 22.7 Å². The number of nitrogen functional groups attached to an aromatic ring is 1. The second kappa shape index (κ2) is 11.6. The molecular weight excluding hydrogens is 526 g/mol. The molecule has 1 aliphatic rings. The number of aryl methyl sites for hydroxylation is 1. The van der Waals surface area contributed by atoms with Crippen LogP contribution in [0.25, 0.3) is 28.0 Å². The standard InChI is InChI=1S/C28H29N9O4/c1-18-16-23(35-41-18)33-28(38)32-20-4-6-21(7-5-20)37-27-24(26(29)30-17-31-27)25(34-37)19-2-8-22(9-3-19)40-15-12-36-10-13-39-14-11-36/h2-9,16-17H,10-15H2,1H3,(H2,29,30,31)(H2,32,33,35,38). The number of morpholine rings is 1. The van der Waals surface area contributed by atoms with Gasteiger partial charge < -0.3 is 25.0 Å². The number of nitrogens with zero attached hydrogens (tertiary/aromatic N) is 6. The van der Waals surface area contributed by atoms with E-state index in [4.69, 9.17) is 24.8 Å². The zero-order chi connectivity index (χ0) is 28.2. The fourth-order valence-corrected chi connectivity index (χ4v) is 4.57. The molecule has 210 valence electrons. The first-order valence-electron chi connectivity index (χ1n) is 13.2. The van der Waals surface area contributed by atoms with E-state index >= 15 is 0 Å². The molecule has 1 saturated heterocycles. The maximum atomic E-state index is 12.3. The number of urea groups is 1. The van der Waals surface area contributed by atoms with Crippen molar-refractivity contribution < 1.29 is 18.8 Å². The Labute approximate surface area is 235 Å². The smallest absolute Gasteiger partial charge is 0.324 e. The first-order chi connectivity index (χ1) is 20.0. The van der Waals surface area contributed by atoms with Crippen LogP contribution in [0.3, 0.4) is 0 Å². The van der Waals surface area contributed by atoms with Crippen LogP contribution in [0.4, 0.5) is 22.1 Å². The van der Waals surface area contributed by atoms with E-state index in [0.717, 1.165) is 49.8 Å². The van der Waals surface area contributed by atoms with E-state index in [1.54, 1.807) is 29.8 Å². The van der Waals surface area contributed by atoms with Gasteiger partial charge in [-0.05, 0) is 55.5 Å². The SMILES string of the molecule is Cc1cc(NC(=O)Nc2ccc(-n3nc(-c4ccc(OCCN5CCOCC5)cc4)c4c(N)ncnc43)cc2)no1. The van der Waals surface area contributed by atoms with Crippen LogP contribution < -0.4 is 21.1 Å². The number of aromatic nitrogens is 5. The number of anilines is 3. The Morgan fingerprint density at radius 1 is 1.05 bits per heavy atom. The number of hydrogen-bond donors (Lipinski definition) is 3. The quantitative estimate of drug-likeness (QED) is 0.258. The zero-order valence-electron chi connectivity index (χ0n) is 22.4. The Kier molecular flexibility index (Phi) is 7.43. The molecule has 6 rings (SSSR count). The van der Waals surface area contributed by atoms with Crippen LogP contribution in [0.1, 0.15) is 5.76 Å². The van der Waals surface area contributed by atoms with Crippen molar-refractivity contribution in [2.75, 3.05) is 55.8 Å². The van der Waals surface area contributed by atoms with E-state index in [9.17, 15) is 4.79 Å². The largest absolute Gasteiger partial charge is 0.492 e. The zero-order valence-corrected chi connectivity index (χ0v) is 22.4. The molecule has 4 N–H and O–H groups in total. The van der Waals surface area contributed by atoms with Crippen LogP contribution >= 0.6 is 0 Å². The summed E-state index contributed by atoms with van der Waals surface area (Å²) in [4.78, 5) is 23.3. The summed E-state index contributed by atoms with van der Waals surface area (Å²) >= 11 is 0. The third kappa shape index (κ3) is 5.95. The van der Waals surface area contributed by atoms with E-state index < -0.39 is 6.03 Å². The molecule has 1 fully saturated rings. The molecule has 0 unspecified atom stereocenters. The van der Waals surface area contributed by atoms with Gasteiger partial charge >= 0.3 is 6.03 Å². The summed E-state index contributed by atoms with van der Waals surface area (Å²) in [5.74, 6) is 2.04. The first-order valence-corrected chi connectivity index (χ1v) is 13.2. The Morgan fingerprint density at radius 3 is 2.56 bits per heavy atom. The average molecular weight is 556 g/mol. The summed E-state index contributed by atoms with van der Waals surface area (Å²) in [6.45, 7) is 6.60. The maximum Gasteiger partial charge on any atom is 0.324 e. The summed E-state index contributed by atoms with van der Waals surface area (Å²) in [6.07, 6.45) is 1.41. The highest BCUT2D eigenvalue weighted by Gasteiger charge is 2.18. The van der Waals surface area contributed by atoms with E-state index in [0.29, 0.717) is 46.4 Å². The second-order valence-corrected chi connectivity index (χ2v) is 9.49. The monoisotopic (exact) mass is 555 g/mol. The molecule has 2 amide bonds. The maximum absolute atomic E-state index is 12.3. The Hall–Kier alpha value is -5.01. The van der Waals surface area contributed by atoms with Crippen LogP contribution in [0, 0.1) is 6.92 Å². The summed E-state index contributed by atoms with van der Waals surface area (Å²) in [6, 6.07) is 16.1. The van der Waals surface area contributed by atoms with E-state index in [-0.39, 0.29) is 0 Å². The van der Waals surface area contributed by atoms with Crippen molar-refractivity contribution in [3.05, 3.63) is 66.7 Å². The van der Waals surface area contributed by atoms with Gasteiger partial charge in [0.15, 0.2) is 11.5 Å². The number of benzene rings is 2. The summed E-state index contributed by atoms with van der Waals surface area (Å²) in [5.41, 5.74) is 9.69. The Morgan fingerprint density at radius 2 is 1.83 bits per heavy atom. The van der Waals surface area contributed by atoms with Crippen LogP contribution in [0.2, 0.25) is 0 Å². The molecule has 0 aliphatic carbocycles. The van der Waals surface area contributed by atoms with Crippen molar-refractivity contribution in [3.63, 3.8) is 0 Å². The number of carbonyl (C=O) groups excluding carboxylic acids is 1. The summed E-state index contributed by atoms with van der Waals surface area (Å²) < 4.78 is 18.0. The molecule has 4 heterocycles. The van der Waals surface area contributed by atoms with Gasteiger partial charge in [0.2, 0.25) is 0 Å². The Balaban J connectivity index is 1.18. The molecule has 0 bridgehead atoms. The van der Waals surface area contributed by atoms with Crippen LogP contribution in [-0.2, 0) is 4.74 Å². The predicted molar refractivity (Wildman–Crippen MR) is 153 cm³/mol. The number of amides is 2. The van der Waals surface area contributed by atoms with Gasteiger partial charge in [0.1, 0.15) is 36.0 Å². The minimum absolute atomic E-state index is 0.331. The van der Waals surface area contributed by atoms with Crippen molar-refractivity contribution in [2.45, 2.75) is 6.92 Å². The van der Waals surface area contributed by atoms with Crippen molar-refractivity contribution in [1.82, 2.24) is 29.8 Å². The molecule has 2 aromatic carbocycles. The highest BCUT2D eigenvalue weighted by atomic mass is 16.5. The fraction of sp³-hybridized carbons (Fsp3) is 0.250. The third-order valence-electron chi connectivity index (χ3n) is 6.64. The van der Waals surface area contributed by atoms with Gasteiger partial charge in [-0.15, -0.1) is 0 Å². The lowest BCUT2D eigenvalue weighted by Gasteiger charge is -2.26. The number of hydrogen-bond acceptors (Lipinski definition) is 10. The van der Waals surface area contributed by atoms with Gasteiger partial charge in [-0.25, -0.2) is 19.4 Å². The fourth-order valence-electron chi connectivity index (χ4n) is 4.57. The molecule has 0 spiro atoms. The molecule has 13 nitrogen and oxygen atoms in total. The van der Waals surface area contributed by atoms with Crippen LogP contribution in [0.5, 0.6) is 5.75 Å². The van der Waals surface area contributed by atoms with Crippen LogP contribution in [0.15, 0.2) is 65.4 Å². The van der Waals surface area contributed by atoms with Gasteiger partial charge in [-0.2, -0.15) is 5.10 Å². The van der Waals surface area contributed by atoms with Crippen LogP contribution in [-0.4, -0.2) is 75.3 Å². The minimum atomic E-state index is -0.438. The number of fused-ring (bicyclic) bond motifs is 1. The molecule has 41 heavy (non-hydrogen) atoms. The highest BCUT2D eigenvalue weighted by Crippen LogP contribution is 2.32. The molecule has 13 heteroatoms. The minimum Gasteiger partial charge on any atom is -0.492 e. The van der Waals surface area contributed by atoms with E-state index in [1.807, 2.05) is 36.4 Å². The topological polar surface area (TPSA) is 158 Å². The third-order valence-corrected chi connectivity index (χ3v) is 6.64. The average Bonchev–Trinajstić information content (AvgIpc) is 3.58. The molecule has 3 aromatic heterocycles. The lowest BCUT2D eigenvalue weighted by Crippen LogP contribution is -2.38. The van der Waals surface area contributed by atoms with Crippen molar-refractivity contribution >= 4 is 34.4 Å². The summed E-state index contributed by atoms with van der Waals surface area (Å²) in [7, 11) is 0. The molecule has 0 saturated carbocycles. The normalized spacial score (nSPS) is 13.8. The number of nitrogens with one attached hydrogen (secondary N) is 2. The van der Waals surface area contributed by atoms with Gasteiger partial charge in [-0.3, -0.25) is 10.2 Å². The van der Waals surface area contributed by atoms with Gasteiger partial charge in [0, 0.05) is 37.0 Å². The number of ether oxygens (including phenoxy) is 2. The Bertz CT molecular complexity index is 1640. The summed E-state index contributed by atoms with van der Waals surface area (Å²) in [5, 5.41) is 14.6. The second-order valence-electron chi connectivity index (χ2n) is 9.49.